The van der Waals surface area contributed by atoms with E-state index < -0.39 is 0 Å². The fraction of sp³-hybridized carbons (Fsp3) is 0.556. The Kier molecular flexibility index (Phi) is 4.94. The fourth-order valence-electron chi connectivity index (χ4n) is 3.26. The van der Waals surface area contributed by atoms with E-state index in [4.69, 9.17) is 4.74 Å². The molecule has 1 aromatic carbocycles. The summed E-state index contributed by atoms with van der Waals surface area (Å²) >= 11 is 0. The summed E-state index contributed by atoms with van der Waals surface area (Å²) in [5, 5.41) is 4.81. The minimum atomic E-state index is 0.399. The zero-order valence-corrected chi connectivity index (χ0v) is 13.0. The Hall–Kier alpha value is -1.32. The van der Waals surface area contributed by atoms with Gasteiger partial charge in [0.1, 0.15) is 0 Å². The van der Waals surface area contributed by atoms with Crippen LogP contribution in [-0.2, 0) is 17.7 Å². The summed E-state index contributed by atoms with van der Waals surface area (Å²) in [6.07, 6.45) is 7.49. The van der Waals surface area contributed by atoms with Crippen LogP contribution in [0.3, 0.4) is 0 Å². The van der Waals surface area contributed by atoms with E-state index in [1.807, 2.05) is 0 Å². The maximum atomic E-state index is 5.80. The van der Waals surface area contributed by atoms with E-state index in [0.29, 0.717) is 6.10 Å². The maximum Gasteiger partial charge on any atom is 0.0754 e. The van der Waals surface area contributed by atoms with Crippen LogP contribution in [-0.4, -0.2) is 30.4 Å². The molecule has 3 rings (SSSR count). The van der Waals surface area contributed by atoms with Crippen molar-refractivity contribution in [2.75, 3.05) is 19.7 Å². The van der Waals surface area contributed by atoms with Gasteiger partial charge in [-0.15, -0.1) is 0 Å². The first-order valence-corrected chi connectivity index (χ1v) is 8.27. The molecule has 2 heterocycles. The number of benzene rings is 1. The van der Waals surface area contributed by atoms with Crippen molar-refractivity contribution in [2.24, 2.45) is 0 Å². The number of aromatic nitrogens is 1. The summed E-state index contributed by atoms with van der Waals surface area (Å²) in [5.41, 5.74) is 2.83. The maximum absolute atomic E-state index is 5.80. The molecule has 0 bridgehead atoms. The van der Waals surface area contributed by atoms with Crippen LogP contribution < -0.4 is 5.32 Å². The molecule has 0 amide bonds. The van der Waals surface area contributed by atoms with Crippen LogP contribution in [0.4, 0.5) is 0 Å². The third kappa shape index (κ3) is 3.47. The summed E-state index contributed by atoms with van der Waals surface area (Å²) in [6, 6.07) is 8.77. The third-order valence-electron chi connectivity index (χ3n) is 4.35. The molecule has 0 aliphatic carbocycles. The molecule has 1 atom stereocenters. The Balaban J connectivity index is 1.76. The van der Waals surface area contributed by atoms with Gasteiger partial charge in [0.05, 0.1) is 6.10 Å². The van der Waals surface area contributed by atoms with Crippen LogP contribution >= 0.6 is 0 Å². The molecule has 1 aliphatic heterocycles. The molecule has 1 aromatic heterocycles. The number of para-hydroxylation sites is 1. The van der Waals surface area contributed by atoms with Crippen molar-refractivity contribution in [3.8, 4) is 0 Å². The second kappa shape index (κ2) is 7.10. The predicted molar refractivity (Wildman–Crippen MR) is 87.8 cm³/mol. The Bertz CT molecular complexity index is 570. The van der Waals surface area contributed by atoms with Crippen molar-refractivity contribution >= 4 is 10.9 Å². The number of hydrogen-bond donors (Lipinski definition) is 1. The molecule has 1 unspecified atom stereocenters. The zero-order valence-electron chi connectivity index (χ0n) is 13.0. The number of aryl methyl sites for hydroxylation is 1. The van der Waals surface area contributed by atoms with Gasteiger partial charge in [0, 0.05) is 30.3 Å². The topological polar surface area (TPSA) is 26.2 Å². The van der Waals surface area contributed by atoms with E-state index in [1.165, 1.54) is 35.7 Å². The highest BCUT2D eigenvalue weighted by molar-refractivity contribution is 5.84. The average Bonchev–Trinajstić information content (AvgIpc) is 3.13. The van der Waals surface area contributed by atoms with Crippen LogP contribution in [0.5, 0.6) is 0 Å². The molecule has 1 fully saturated rings. The number of ether oxygens (including phenoxy) is 1. The van der Waals surface area contributed by atoms with Crippen molar-refractivity contribution in [1.82, 2.24) is 9.88 Å². The van der Waals surface area contributed by atoms with Gasteiger partial charge in [0.2, 0.25) is 0 Å². The minimum Gasteiger partial charge on any atom is -0.376 e. The lowest BCUT2D eigenvalue weighted by molar-refractivity contribution is 0.0980. The molecule has 3 nitrogen and oxygen atoms in total. The van der Waals surface area contributed by atoms with Gasteiger partial charge < -0.3 is 14.6 Å². The fourth-order valence-corrected chi connectivity index (χ4v) is 3.26. The van der Waals surface area contributed by atoms with Crippen molar-refractivity contribution < 1.29 is 4.74 Å². The Morgan fingerprint density at radius 1 is 1.33 bits per heavy atom. The molecule has 1 aliphatic rings. The first-order chi connectivity index (χ1) is 10.4. The predicted octanol–water partition coefficient (Wildman–Crippen LogP) is 3.36. The SMILES string of the molecule is CCNCCCc1cn(CC2CCCO2)c2ccccc12. The molecule has 0 spiro atoms. The van der Waals surface area contributed by atoms with E-state index >= 15 is 0 Å². The quantitative estimate of drug-likeness (QED) is 0.790. The molecule has 0 saturated carbocycles. The van der Waals surface area contributed by atoms with E-state index in [9.17, 15) is 0 Å². The van der Waals surface area contributed by atoms with Crippen molar-refractivity contribution in [1.29, 1.82) is 0 Å². The van der Waals surface area contributed by atoms with Gasteiger partial charge in [-0.3, -0.25) is 0 Å². The van der Waals surface area contributed by atoms with Crippen LogP contribution in [0, 0.1) is 0 Å². The van der Waals surface area contributed by atoms with Gasteiger partial charge in [-0.25, -0.2) is 0 Å². The summed E-state index contributed by atoms with van der Waals surface area (Å²) in [7, 11) is 0. The number of hydrogen-bond acceptors (Lipinski definition) is 2. The minimum absolute atomic E-state index is 0.399. The van der Waals surface area contributed by atoms with E-state index in [1.54, 1.807) is 0 Å². The van der Waals surface area contributed by atoms with Crippen LogP contribution in [0.2, 0.25) is 0 Å². The largest absolute Gasteiger partial charge is 0.376 e. The molecular weight excluding hydrogens is 260 g/mol. The Labute approximate surface area is 127 Å². The van der Waals surface area contributed by atoms with Crippen LogP contribution in [0.1, 0.15) is 31.7 Å². The van der Waals surface area contributed by atoms with E-state index in [0.717, 1.165) is 32.7 Å². The molecule has 0 radical (unpaired) electrons. The number of fused-ring (bicyclic) bond motifs is 1. The number of nitrogens with one attached hydrogen (secondary N) is 1. The molecule has 1 saturated heterocycles. The van der Waals surface area contributed by atoms with Gasteiger partial charge >= 0.3 is 0 Å². The van der Waals surface area contributed by atoms with E-state index in [2.05, 4.69) is 47.3 Å². The summed E-state index contributed by atoms with van der Waals surface area (Å²) in [5.74, 6) is 0. The lowest BCUT2D eigenvalue weighted by Crippen LogP contribution is -2.14. The third-order valence-corrected chi connectivity index (χ3v) is 4.35. The van der Waals surface area contributed by atoms with Crippen molar-refractivity contribution in [3.05, 3.63) is 36.0 Å². The first kappa shape index (κ1) is 14.6. The Morgan fingerprint density at radius 3 is 3.05 bits per heavy atom. The molecule has 1 N–H and O–H groups in total. The number of nitrogens with zero attached hydrogens (tertiary/aromatic N) is 1. The second-order valence-electron chi connectivity index (χ2n) is 5.92. The molecular formula is C18H26N2O. The van der Waals surface area contributed by atoms with Gasteiger partial charge in [-0.2, -0.15) is 0 Å². The Morgan fingerprint density at radius 2 is 2.24 bits per heavy atom. The normalized spacial score (nSPS) is 18.6. The van der Waals surface area contributed by atoms with Gasteiger partial charge in [0.25, 0.3) is 0 Å². The smallest absolute Gasteiger partial charge is 0.0754 e. The second-order valence-corrected chi connectivity index (χ2v) is 5.92. The van der Waals surface area contributed by atoms with Gasteiger partial charge in [0.15, 0.2) is 0 Å². The first-order valence-electron chi connectivity index (χ1n) is 8.27. The van der Waals surface area contributed by atoms with Gasteiger partial charge in [-0.1, -0.05) is 25.1 Å². The summed E-state index contributed by atoms with van der Waals surface area (Å²) < 4.78 is 8.19. The lowest BCUT2D eigenvalue weighted by Gasteiger charge is -2.11. The molecule has 114 valence electrons. The van der Waals surface area contributed by atoms with E-state index in [-0.39, 0.29) is 0 Å². The number of rotatable bonds is 7. The van der Waals surface area contributed by atoms with Crippen molar-refractivity contribution in [3.63, 3.8) is 0 Å². The molecule has 3 heteroatoms. The highest BCUT2D eigenvalue weighted by Gasteiger charge is 2.17. The van der Waals surface area contributed by atoms with Crippen molar-refractivity contribution in [2.45, 2.75) is 45.3 Å². The highest BCUT2D eigenvalue weighted by atomic mass is 16.5. The summed E-state index contributed by atoms with van der Waals surface area (Å²) in [4.78, 5) is 0. The molecule has 2 aromatic rings. The average molecular weight is 286 g/mol. The zero-order chi connectivity index (χ0) is 14.5. The lowest BCUT2D eigenvalue weighted by atomic mass is 10.1. The van der Waals surface area contributed by atoms with Gasteiger partial charge in [-0.05, 0) is 50.4 Å². The highest BCUT2D eigenvalue weighted by Crippen LogP contribution is 2.24. The van der Waals surface area contributed by atoms with Crippen LogP contribution in [0.25, 0.3) is 10.9 Å². The molecule has 21 heavy (non-hydrogen) atoms. The standard InChI is InChI=1S/C18H26N2O/c1-2-19-11-5-7-15-13-20(14-16-8-6-12-21-16)18-10-4-3-9-17(15)18/h3-4,9-10,13,16,19H,2,5-8,11-12,14H2,1H3. The monoisotopic (exact) mass is 286 g/mol. The summed E-state index contributed by atoms with van der Waals surface area (Å²) in [6.45, 7) is 6.24. The van der Waals surface area contributed by atoms with Crippen LogP contribution in [0.15, 0.2) is 30.5 Å².